The number of anilines is 2. The molecule has 0 bridgehead atoms. The average Bonchev–Trinajstić information content (AvgIpc) is 3.29. The number of rotatable bonds is 5. The van der Waals surface area contributed by atoms with E-state index in [9.17, 15) is 13.2 Å². The van der Waals surface area contributed by atoms with Crippen molar-refractivity contribution < 1.29 is 13.2 Å². The van der Waals surface area contributed by atoms with Crippen LogP contribution in [0.1, 0.15) is 6.92 Å². The first-order valence-electron chi connectivity index (χ1n) is 9.38. The topological polar surface area (TPSA) is 113 Å². The molecule has 4 rings (SSSR count). The zero-order valence-corrected chi connectivity index (χ0v) is 17.2. The van der Waals surface area contributed by atoms with Gasteiger partial charge >= 0.3 is 0 Å². The first kappa shape index (κ1) is 20.0. The highest BCUT2D eigenvalue weighted by molar-refractivity contribution is 7.89. The number of carbonyl (C=O) groups excluding carboxylic acids is 1. The fourth-order valence-electron chi connectivity index (χ4n) is 3.24. The van der Waals surface area contributed by atoms with Crippen LogP contribution < -0.4 is 10.2 Å². The summed E-state index contributed by atoms with van der Waals surface area (Å²) in [5.41, 5.74) is 0.559. The second-order valence-corrected chi connectivity index (χ2v) is 8.75. The van der Waals surface area contributed by atoms with E-state index in [1.807, 2.05) is 17.0 Å². The van der Waals surface area contributed by atoms with Crippen molar-refractivity contribution in [3.63, 3.8) is 0 Å². The third-order valence-electron chi connectivity index (χ3n) is 4.78. The van der Waals surface area contributed by atoms with E-state index in [0.717, 1.165) is 0 Å². The lowest BCUT2D eigenvalue weighted by atomic mass is 10.3. The maximum atomic E-state index is 12.9. The summed E-state index contributed by atoms with van der Waals surface area (Å²) in [6.07, 6.45) is 5.11. The Hall–Kier alpha value is -3.31. The Labute approximate surface area is 174 Å². The van der Waals surface area contributed by atoms with Gasteiger partial charge in [-0.1, -0.05) is 0 Å². The van der Waals surface area contributed by atoms with Crippen molar-refractivity contribution in [2.45, 2.75) is 11.8 Å². The molecular weight excluding hydrogens is 406 g/mol. The number of nitrogens with zero attached hydrogens (tertiary/aromatic N) is 6. The second kappa shape index (κ2) is 8.20. The first-order chi connectivity index (χ1) is 14.4. The number of benzene rings is 1. The monoisotopic (exact) mass is 427 g/mol. The van der Waals surface area contributed by atoms with Gasteiger partial charge in [0.2, 0.25) is 15.9 Å². The summed E-state index contributed by atoms with van der Waals surface area (Å²) >= 11 is 0. The molecule has 0 atom stereocenters. The largest absolute Gasteiger partial charge is 0.352 e. The summed E-state index contributed by atoms with van der Waals surface area (Å²) in [7, 11) is -3.60. The second-order valence-electron chi connectivity index (χ2n) is 6.82. The summed E-state index contributed by atoms with van der Waals surface area (Å²) in [4.78, 5) is 17.3. The van der Waals surface area contributed by atoms with Crippen LogP contribution in [0.25, 0.3) is 5.82 Å². The number of nitrogens with one attached hydrogen (secondary N) is 1. The number of hydrogen-bond acceptors (Lipinski definition) is 7. The molecule has 1 aliphatic heterocycles. The normalized spacial score (nSPS) is 15.2. The maximum absolute atomic E-state index is 12.9. The quantitative estimate of drug-likeness (QED) is 0.649. The third-order valence-corrected chi connectivity index (χ3v) is 6.69. The molecule has 1 amide bonds. The van der Waals surface area contributed by atoms with E-state index < -0.39 is 10.0 Å². The van der Waals surface area contributed by atoms with Gasteiger partial charge in [0.1, 0.15) is 6.33 Å². The zero-order chi connectivity index (χ0) is 21.1. The molecule has 1 aromatic carbocycles. The van der Waals surface area contributed by atoms with Gasteiger partial charge in [-0.3, -0.25) is 9.36 Å². The highest BCUT2D eigenvalue weighted by atomic mass is 32.2. The van der Waals surface area contributed by atoms with Gasteiger partial charge in [0.05, 0.1) is 4.90 Å². The number of carbonyl (C=O) groups is 1. The Bertz CT molecular complexity index is 1110. The smallest absolute Gasteiger partial charge is 0.243 e. The molecule has 0 unspecified atom stereocenters. The molecule has 2 aromatic heterocycles. The fourth-order valence-corrected chi connectivity index (χ4v) is 4.66. The predicted octanol–water partition coefficient (Wildman–Crippen LogP) is 1.13. The number of aromatic nitrogens is 4. The number of hydrogen-bond donors (Lipinski definition) is 1. The van der Waals surface area contributed by atoms with E-state index in [0.29, 0.717) is 43.5 Å². The lowest BCUT2D eigenvalue weighted by Gasteiger charge is -2.34. The van der Waals surface area contributed by atoms with Crippen molar-refractivity contribution in [1.82, 2.24) is 24.1 Å². The number of imidazole rings is 1. The number of sulfonamides is 1. The van der Waals surface area contributed by atoms with E-state index >= 15 is 0 Å². The lowest BCUT2D eigenvalue weighted by Crippen LogP contribution is -2.49. The molecule has 156 valence electrons. The number of piperazine rings is 1. The summed E-state index contributed by atoms with van der Waals surface area (Å²) in [5.74, 6) is 1.17. The zero-order valence-electron chi connectivity index (χ0n) is 16.3. The van der Waals surface area contributed by atoms with Crippen LogP contribution in [0.5, 0.6) is 0 Å². The fraction of sp³-hybridized carbons (Fsp3) is 0.263. The van der Waals surface area contributed by atoms with Crippen molar-refractivity contribution in [3.8, 4) is 5.82 Å². The van der Waals surface area contributed by atoms with Gasteiger partial charge in [0.15, 0.2) is 11.6 Å². The summed E-state index contributed by atoms with van der Waals surface area (Å²) in [5, 5.41) is 11.1. The Kier molecular flexibility index (Phi) is 5.46. The standard InChI is InChI=1S/C19H21N7O3S/c1-15(27)21-16-2-4-17(5-3-16)30(28,29)26-12-10-24(11-13-26)18-6-7-19(23-22-18)25-9-8-20-14-25/h2-9,14H,10-13H2,1H3,(H,21,27). The van der Waals surface area contributed by atoms with Gasteiger partial charge in [0.25, 0.3) is 0 Å². The Morgan fingerprint density at radius 3 is 2.20 bits per heavy atom. The van der Waals surface area contributed by atoms with Crippen molar-refractivity contribution >= 4 is 27.4 Å². The minimum absolute atomic E-state index is 0.203. The van der Waals surface area contributed by atoms with Crippen molar-refractivity contribution in [2.75, 3.05) is 36.4 Å². The van der Waals surface area contributed by atoms with Crippen LogP contribution in [-0.2, 0) is 14.8 Å². The Morgan fingerprint density at radius 2 is 1.63 bits per heavy atom. The van der Waals surface area contributed by atoms with Crippen LogP contribution in [0.15, 0.2) is 60.0 Å². The Morgan fingerprint density at radius 1 is 0.967 bits per heavy atom. The molecule has 10 nitrogen and oxygen atoms in total. The molecule has 1 fully saturated rings. The third kappa shape index (κ3) is 4.16. The predicted molar refractivity (Wildman–Crippen MR) is 111 cm³/mol. The molecule has 1 aliphatic rings. The molecule has 11 heteroatoms. The molecule has 0 aliphatic carbocycles. The van der Waals surface area contributed by atoms with Crippen LogP contribution in [0, 0.1) is 0 Å². The summed E-state index contributed by atoms with van der Waals surface area (Å²) in [6, 6.07) is 9.90. The molecule has 0 saturated carbocycles. The molecule has 3 aromatic rings. The SMILES string of the molecule is CC(=O)Nc1ccc(S(=O)(=O)N2CCN(c3ccc(-n4ccnc4)nn3)CC2)cc1. The van der Waals surface area contributed by atoms with Crippen LogP contribution in [-0.4, -0.2) is 64.6 Å². The summed E-state index contributed by atoms with van der Waals surface area (Å²) in [6.45, 7) is 3.13. The van der Waals surface area contributed by atoms with Gasteiger partial charge in [-0.15, -0.1) is 10.2 Å². The van der Waals surface area contributed by atoms with Crippen LogP contribution in [0.2, 0.25) is 0 Å². The van der Waals surface area contributed by atoms with E-state index in [4.69, 9.17) is 0 Å². The van der Waals surface area contributed by atoms with Crippen LogP contribution >= 0.6 is 0 Å². The molecule has 1 saturated heterocycles. The van der Waals surface area contributed by atoms with E-state index in [2.05, 4.69) is 20.5 Å². The van der Waals surface area contributed by atoms with Crippen LogP contribution in [0.4, 0.5) is 11.5 Å². The highest BCUT2D eigenvalue weighted by Gasteiger charge is 2.29. The summed E-state index contributed by atoms with van der Waals surface area (Å²) < 4.78 is 29.1. The molecule has 30 heavy (non-hydrogen) atoms. The van der Waals surface area contributed by atoms with Crippen molar-refractivity contribution in [1.29, 1.82) is 0 Å². The lowest BCUT2D eigenvalue weighted by molar-refractivity contribution is -0.114. The van der Waals surface area contributed by atoms with Gasteiger partial charge in [-0.25, -0.2) is 13.4 Å². The average molecular weight is 427 g/mol. The van der Waals surface area contributed by atoms with E-state index in [1.54, 1.807) is 35.4 Å². The maximum Gasteiger partial charge on any atom is 0.243 e. The highest BCUT2D eigenvalue weighted by Crippen LogP contribution is 2.21. The molecule has 3 heterocycles. The molecule has 0 spiro atoms. The van der Waals surface area contributed by atoms with Gasteiger partial charge < -0.3 is 10.2 Å². The van der Waals surface area contributed by atoms with E-state index in [-0.39, 0.29) is 10.8 Å². The molecule has 0 radical (unpaired) electrons. The van der Waals surface area contributed by atoms with Gasteiger partial charge in [-0.2, -0.15) is 4.31 Å². The first-order valence-corrected chi connectivity index (χ1v) is 10.8. The minimum Gasteiger partial charge on any atom is -0.352 e. The van der Waals surface area contributed by atoms with Gasteiger partial charge in [0, 0.05) is 51.2 Å². The van der Waals surface area contributed by atoms with Crippen molar-refractivity contribution in [2.24, 2.45) is 0 Å². The number of amides is 1. The van der Waals surface area contributed by atoms with Crippen molar-refractivity contribution in [3.05, 3.63) is 55.1 Å². The molecular formula is C19H21N7O3S. The van der Waals surface area contributed by atoms with Crippen LogP contribution in [0.3, 0.4) is 0 Å². The molecule has 1 N–H and O–H groups in total. The van der Waals surface area contributed by atoms with Gasteiger partial charge in [-0.05, 0) is 36.4 Å². The van der Waals surface area contributed by atoms with E-state index in [1.165, 1.54) is 23.4 Å². The minimum atomic E-state index is -3.60. The Balaban J connectivity index is 1.40.